The summed E-state index contributed by atoms with van der Waals surface area (Å²) in [5, 5.41) is 0. The van der Waals surface area contributed by atoms with Gasteiger partial charge in [0.05, 0.1) is 0 Å². The third-order valence-electron chi connectivity index (χ3n) is 2.16. The van der Waals surface area contributed by atoms with Crippen LogP contribution >= 0.6 is 0 Å². The molecule has 13 heavy (non-hydrogen) atoms. The highest BCUT2D eigenvalue weighted by Crippen LogP contribution is 2.20. The smallest absolute Gasteiger partial charge is 0.249 e. The third-order valence-corrected chi connectivity index (χ3v) is 2.16. The molecule has 1 saturated heterocycles. The van der Waals surface area contributed by atoms with Crippen molar-refractivity contribution < 1.29 is 14.3 Å². The van der Waals surface area contributed by atoms with Gasteiger partial charge in [0, 0.05) is 6.61 Å². The Bertz CT molecular complexity index is 185. The molecule has 4 nitrogen and oxygen atoms in total. The number of carbonyl (C=O) groups is 1. The van der Waals surface area contributed by atoms with Gasteiger partial charge in [0.2, 0.25) is 5.91 Å². The molecule has 0 radical (unpaired) electrons. The second-order valence-corrected chi connectivity index (χ2v) is 3.79. The summed E-state index contributed by atoms with van der Waals surface area (Å²) in [6.07, 6.45) is 2.73. The van der Waals surface area contributed by atoms with Gasteiger partial charge in [-0.3, -0.25) is 4.79 Å². The van der Waals surface area contributed by atoms with Crippen LogP contribution in [-0.4, -0.2) is 24.4 Å². The molecule has 1 aliphatic rings. The molecule has 1 unspecified atom stereocenters. The van der Waals surface area contributed by atoms with Gasteiger partial charge in [-0.25, -0.2) is 0 Å². The van der Waals surface area contributed by atoms with Crippen LogP contribution in [0, 0.1) is 0 Å². The molecule has 76 valence electrons. The summed E-state index contributed by atoms with van der Waals surface area (Å²) in [6.45, 7) is 4.03. The first-order valence-electron chi connectivity index (χ1n) is 4.62. The molecule has 1 heterocycles. The average molecular weight is 187 g/mol. The summed E-state index contributed by atoms with van der Waals surface area (Å²) in [7, 11) is 0. The summed E-state index contributed by atoms with van der Waals surface area (Å²) in [5.41, 5.74) is 4.24. The lowest BCUT2D eigenvalue weighted by Crippen LogP contribution is -2.44. The van der Waals surface area contributed by atoms with Crippen molar-refractivity contribution in [3.8, 4) is 0 Å². The highest BCUT2D eigenvalue weighted by Gasteiger charge is 2.30. The van der Waals surface area contributed by atoms with E-state index in [1.165, 1.54) is 0 Å². The minimum absolute atomic E-state index is 0.267. The van der Waals surface area contributed by atoms with Crippen molar-refractivity contribution in [2.24, 2.45) is 5.73 Å². The molecule has 0 bridgehead atoms. The summed E-state index contributed by atoms with van der Waals surface area (Å²) < 4.78 is 10.8. The van der Waals surface area contributed by atoms with Gasteiger partial charge >= 0.3 is 0 Å². The van der Waals surface area contributed by atoms with Crippen LogP contribution in [0.15, 0.2) is 0 Å². The van der Waals surface area contributed by atoms with Crippen molar-refractivity contribution in [3.63, 3.8) is 0 Å². The molecule has 1 fully saturated rings. The van der Waals surface area contributed by atoms with Crippen LogP contribution in [0.25, 0.3) is 0 Å². The number of primary amides is 1. The van der Waals surface area contributed by atoms with Crippen LogP contribution in [0.1, 0.15) is 33.1 Å². The highest BCUT2D eigenvalue weighted by molar-refractivity contribution is 5.82. The fraction of sp³-hybridized carbons (Fsp3) is 0.889. The normalized spacial score (nSPS) is 24.3. The molecule has 1 aliphatic heterocycles. The Balaban J connectivity index is 2.41. The minimum atomic E-state index is -0.929. The number of rotatable bonds is 3. The molecule has 0 spiro atoms. The topological polar surface area (TPSA) is 61.6 Å². The maximum absolute atomic E-state index is 10.9. The van der Waals surface area contributed by atoms with Gasteiger partial charge in [-0.15, -0.1) is 0 Å². The Morgan fingerprint density at radius 3 is 2.69 bits per heavy atom. The fourth-order valence-corrected chi connectivity index (χ4v) is 1.19. The molecule has 0 aromatic rings. The van der Waals surface area contributed by atoms with Gasteiger partial charge in [-0.1, -0.05) is 0 Å². The number of carbonyl (C=O) groups excluding carboxylic acids is 1. The highest BCUT2D eigenvalue weighted by atomic mass is 16.7. The molecule has 1 rings (SSSR count). The van der Waals surface area contributed by atoms with E-state index in [1.807, 2.05) is 0 Å². The molecule has 0 aromatic heterocycles. The lowest BCUT2D eigenvalue weighted by molar-refractivity contribution is -0.214. The number of nitrogens with two attached hydrogens (primary N) is 1. The van der Waals surface area contributed by atoms with E-state index in [0.717, 1.165) is 19.3 Å². The number of ether oxygens (including phenoxy) is 2. The molecule has 4 heteroatoms. The first kappa shape index (κ1) is 10.5. The minimum Gasteiger partial charge on any atom is -0.367 e. The Kier molecular flexibility index (Phi) is 3.27. The summed E-state index contributed by atoms with van der Waals surface area (Å²) in [5.74, 6) is -0.457. The lowest BCUT2D eigenvalue weighted by atomic mass is 10.1. The van der Waals surface area contributed by atoms with Gasteiger partial charge in [0.15, 0.2) is 6.29 Å². The van der Waals surface area contributed by atoms with E-state index in [4.69, 9.17) is 15.2 Å². The zero-order valence-corrected chi connectivity index (χ0v) is 8.21. The van der Waals surface area contributed by atoms with Crippen molar-refractivity contribution >= 4 is 5.91 Å². The second-order valence-electron chi connectivity index (χ2n) is 3.79. The number of amides is 1. The molecule has 1 atom stereocenters. The van der Waals surface area contributed by atoms with Crippen LogP contribution in [0.2, 0.25) is 0 Å². The maximum atomic E-state index is 10.9. The molecular weight excluding hydrogens is 170 g/mol. The summed E-state index contributed by atoms with van der Waals surface area (Å²) >= 11 is 0. The lowest BCUT2D eigenvalue weighted by Gasteiger charge is -2.30. The molecule has 0 aromatic carbocycles. The van der Waals surface area contributed by atoms with Crippen molar-refractivity contribution in [1.82, 2.24) is 0 Å². The van der Waals surface area contributed by atoms with Gasteiger partial charge in [-0.05, 0) is 33.1 Å². The predicted octanol–water partition coefficient (Wildman–Crippen LogP) is 0.793. The van der Waals surface area contributed by atoms with Crippen molar-refractivity contribution in [2.45, 2.75) is 45.0 Å². The van der Waals surface area contributed by atoms with Crippen LogP contribution in [-0.2, 0) is 14.3 Å². The Hall–Kier alpha value is -0.610. The fourth-order valence-electron chi connectivity index (χ4n) is 1.19. The number of hydrogen-bond acceptors (Lipinski definition) is 3. The number of hydrogen-bond donors (Lipinski definition) is 1. The molecule has 2 N–H and O–H groups in total. The van der Waals surface area contributed by atoms with E-state index in [9.17, 15) is 4.79 Å². The van der Waals surface area contributed by atoms with Gasteiger partial charge in [0.25, 0.3) is 0 Å². The van der Waals surface area contributed by atoms with Crippen LogP contribution in [0.3, 0.4) is 0 Å². The van der Waals surface area contributed by atoms with Gasteiger partial charge in [0.1, 0.15) is 5.60 Å². The predicted molar refractivity (Wildman–Crippen MR) is 47.9 cm³/mol. The van der Waals surface area contributed by atoms with Crippen molar-refractivity contribution in [1.29, 1.82) is 0 Å². The Morgan fingerprint density at radius 2 is 2.23 bits per heavy atom. The summed E-state index contributed by atoms with van der Waals surface area (Å²) in [4.78, 5) is 10.9. The van der Waals surface area contributed by atoms with Crippen LogP contribution < -0.4 is 5.73 Å². The second kappa shape index (κ2) is 4.07. The van der Waals surface area contributed by atoms with E-state index in [1.54, 1.807) is 13.8 Å². The Morgan fingerprint density at radius 1 is 1.54 bits per heavy atom. The van der Waals surface area contributed by atoms with E-state index < -0.39 is 11.5 Å². The molecule has 0 aliphatic carbocycles. The van der Waals surface area contributed by atoms with E-state index in [2.05, 4.69) is 0 Å². The van der Waals surface area contributed by atoms with E-state index in [-0.39, 0.29) is 6.29 Å². The van der Waals surface area contributed by atoms with Gasteiger partial charge in [-0.2, -0.15) is 0 Å². The monoisotopic (exact) mass is 187 g/mol. The quantitative estimate of drug-likeness (QED) is 0.710. The van der Waals surface area contributed by atoms with E-state index >= 15 is 0 Å². The first-order chi connectivity index (χ1) is 6.02. The largest absolute Gasteiger partial charge is 0.367 e. The van der Waals surface area contributed by atoms with Gasteiger partial charge < -0.3 is 15.2 Å². The average Bonchev–Trinajstić information content (AvgIpc) is 2.05. The van der Waals surface area contributed by atoms with Crippen LogP contribution in [0.5, 0.6) is 0 Å². The molecule has 1 amide bonds. The van der Waals surface area contributed by atoms with Crippen LogP contribution in [0.4, 0.5) is 0 Å². The SMILES string of the molecule is CC(C)(OC1CCCCO1)C(N)=O. The maximum Gasteiger partial charge on any atom is 0.249 e. The Labute approximate surface area is 78.4 Å². The summed E-state index contributed by atoms with van der Waals surface area (Å²) in [6, 6.07) is 0. The third kappa shape index (κ3) is 2.97. The standard InChI is InChI=1S/C9H17NO3/c1-9(2,8(10)11)13-7-5-3-4-6-12-7/h7H,3-6H2,1-2H3,(H2,10,11). The zero-order chi connectivity index (χ0) is 9.90. The van der Waals surface area contributed by atoms with Crippen molar-refractivity contribution in [2.75, 3.05) is 6.61 Å². The molecule has 0 saturated carbocycles. The first-order valence-corrected chi connectivity index (χ1v) is 4.62. The zero-order valence-electron chi connectivity index (χ0n) is 8.21. The molecular formula is C9H17NO3. The van der Waals surface area contributed by atoms with E-state index in [0.29, 0.717) is 6.61 Å². The van der Waals surface area contributed by atoms with Crippen molar-refractivity contribution in [3.05, 3.63) is 0 Å².